The normalized spacial score (nSPS) is 15.1. The average Bonchev–Trinajstić information content (AvgIpc) is 3.13. The van der Waals surface area contributed by atoms with Crippen molar-refractivity contribution < 1.29 is 19.4 Å². The van der Waals surface area contributed by atoms with Gasteiger partial charge in [-0.15, -0.1) is 0 Å². The number of hydrogen-bond donors (Lipinski definition) is 1. The molecule has 1 N–H and O–H groups in total. The minimum atomic E-state index is -0.989. The van der Waals surface area contributed by atoms with Gasteiger partial charge < -0.3 is 14.7 Å². The van der Waals surface area contributed by atoms with Crippen LogP contribution >= 0.6 is 11.6 Å². The summed E-state index contributed by atoms with van der Waals surface area (Å²) >= 11 is 6.05. The van der Waals surface area contributed by atoms with E-state index in [9.17, 15) is 9.59 Å². The molecule has 0 atom stereocenters. The monoisotopic (exact) mass is 377 g/mol. The van der Waals surface area contributed by atoms with E-state index in [1.807, 2.05) is 6.92 Å². The molecule has 1 aliphatic rings. The van der Waals surface area contributed by atoms with E-state index < -0.39 is 5.97 Å². The molecule has 138 valence electrons. The van der Waals surface area contributed by atoms with Gasteiger partial charge in [-0.3, -0.25) is 9.48 Å². The van der Waals surface area contributed by atoms with Crippen molar-refractivity contribution in [3.05, 3.63) is 46.7 Å². The number of amides is 1. The first-order valence-corrected chi connectivity index (χ1v) is 8.76. The van der Waals surface area contributed by atoms with Crippen LogP contribution in [-0.2, 0) is 4.79 Å². The zero-order valence-electron chi connectivity index (χ0n) is 14.4. The molecule has 0 aliphatic carbocycles. The van der Waals surface area contributed by atoms with Crippen LogP contribution in [0.15, 0.2) is 30.6 Å². The van der Waals surface area contributed by atoms with Crippen molar-refractivity contribution in [2.75, 3.05) is 19.7 Å². The molecule has 2 heterocycles. The number of carbonyl (C=O) groups is 2. The van der Waals surface area contributed by atoms with Crippen LogP contribution in [0.4, 0.5) is 0 Å². The highest BCUT2D eigenvalue weighted by Crippen LogP contribution is 2.26. The van der Waals surface area contributed by atoms with Gasteiger partial charge in [-0.2, -0.15) is 5.10 Å². The van der Waals surface area contributed by atoms with Crippen LogP contribution in [0.5, 0.6) is 5.75 Å². The Hall–Kier alpha value is -2.54. The molecule has 1 saturated heterocycles. The molecule has 0 spiro atoms. The molecular formula is C18H20ClN3O4. The number of carboxylic acids is 1. The van der Waals surface area contributed by atoms with Gasteiger partial charge in [0, 0.05) is 29.9 Å². The molecule has 1 fully saturated rings. The van der Waals surface area contributed by atoms with Crippen molar-refractivity contribution in [1.82, 2.24) is 14.7 Å². The van der Waals surface area contributed by atoms with E-state index in [0.29, 0.717) is 23.9 Å². The van der Waals surface area contributed by atoms with Gasteiger partial charge in [0.1, 0.15) is 5.75 Å². The number of rotatable bonds is 5. The zero-order chi connectivity index (χ0) is 18.7. The average molecular weight is 378 g/mol. The number of ether oxygens (including phenoxy) is 1. The standard InChI is InChI=1S/C18H20ClN3O4/c1-12-15(19)3-2-4-16(12)26-11-17(23)21-7-5-14(6-8-21)22-10-13(9-20-22)18(24)25/h2-4,9-10,14H,5-8,11H2,1H3,(H,24,25). The molecule has 0 unspecified atom stereocenters. The SMILES string of the molecule is Cc1c(Cl)cccc1OCC(=O)N1CCC(n2cc(C(=O)O)cn2)CC1. The van der Waals surface area contributed by atoms with Gasteiger partial charge in [-0.05, 0) is 31.9 Å². The predicted octanol–water partition coefficient (Wildman–Crippen LogP) is 2.79. The number of piperidine rings is 1. The summed E-state index contributed by atoms with van der Waals surface area (Å²) in [5, 5.41) is 13.7. The van der Waals surface area contributed by atoms with E-state index in [1.165, 1.54) is 12.4 Å². The summed E-state index contributed by atoms with van der Waals surface area (Å²) < 4.78 is 7.29. The molecule has 0 saturated carbocycles. The van der Waals surface area contributed by atoms with E-state index in [2.05, 4.69) is 5.10 Å². The molecule has 1 amide bonds. The number of hydrogen-bond acceptors (Lipinski definition) is 4. The van der Waals surface area contributed by atoms with Crippen LogP contribution in [0.3, 0.4) is 0 Å². The van der Waals surface area contributed by atoms with Gasteiger partial charge in [0.05, 0.1) is 17.8 Å². The van der Waals surface area contributed by atoms with Crippen molar-refractivity contribution in [1.29, 1.82) is 0 Å². The first kappa shape index (κ1) is 18.3. The minimum absolute atomic E-state index is 0.0310. The van der Waals surface area contributed by atoms with Crippen molar-refractivity contribution in [2.24, 2.45) is 0 Å². The maximum Gasteiger partial charge on any atom is 0.338 e. The lowest BCUT2D eigenvalue weighted by molar-refractivity contribution is -0.134. The summed E-state index contributed by atoms with van der Waals surface area (Å²) in [7, 11) is 0. The van der Waals surface area contributed by atoms with Crippen LogP contribution in [-0.4, -0.2) is 51.4 Å². The third kappa shape index (κ3) is 3.99. The summed E-state index contributed by atoms with van der Waals surface area (Å²) in [4.78, 5) is 25.1. The fourth-order valence-electron chi connectivity index (χ4n) is 3.00. The number of likely N-dealkylation sites (tertiary alicyclic amines) is 1. The van der Waals surface area contributed by atoms with Crippen molar-refractivity contribution >= 4 is 23.5 Å². The summed E-state index contributed by atoms with van der Waals surface area (Å²) in [6.45, 7) is 2.99. The second-order valence-electron chi connectivity index (χ2n) is 6.28. The zero-order valence-corrected chi connectivity index (χ0v) is 15.1. The third-order valence-electron chi connectivity index (χ3n) is 4.61. The Balaban J connectivity index is 1.51. The van der Waals surface area contributed by atoms with E-state index in [1.54, 1.807) is 27.8 Å². The topological polar surface area (TPSA) is 84.7 Å². The molecule has 1 aliphatic heterocycles. The number of aromatic carboxylic acids is 1. The Labute approximate surface area is 156 Å². The maximum atomic E-state index is 12.4. The van der Waals surface area contributed by atoms with Gasteiger partial charge in [-0.25, -0.2) is 4.79 Å². The Morgan fingerprint density at radius 2 is 2.08 bits per heavy atom. The quantitative estimate of drug-likeness (QED) is 0.866. The highest BCUT2D eigenvalue weighted by Gasteiger charge is 2.25. The molecule has 8 heteroatoms. The number of nitrogens with zero attached hydrogens (tertiary/aromatic N) is 3. The maximum absolute atomic E-state index is 12.4. The van der Waals surface area contributed by atoms with Gasteiger partial charge in [-0.1, -0.05) is 17.7 Å². The molecule has 1 aromatic carbocycles. The largest absolute Gasteiger partial charge is 0.483 e. The summed E-state index contributed by atoms with van der Waals surface area (Å²) in [6.07, 6.45) is 4.34. The smallest absolute Gasteiger partial charge is 0.338 e. The Kier molecular flexibility index (Phi) is 5.46. The summed E-state index contributed by atoms with van der Waals surface area (Å²) in [6, 6.07) is 5.46. The van der Waals surface area contributed by atoms with Crippen molar-refractivity contribution in [2.45, 2.75) is 25.8 Å². The molecule has 1 aromatic heterocycles. The molecule has 0 radical (unpaired) electrons. The van der Waals surface area contributed by atoms with Crippen molar-refractivity contribution in [3.8, 4) is 5.75 Å². The Morgan fingerprint density at radius 3 is 2.73 bits per heavy atom. The van der Waals surface area contributed by atoms with Crippen LogP contribution in [0.1, 0.15) is 34.8 Å². The van der Waals surface area contributed by atoms with Crippen LogP contribution < -0.4 is 4.74 Å². The number of aromatic nitrogens is 2. The van der Waals surface area contributed by atoms with Gasteiger partial charge in [0.2, 0.25) is 0 Å². The predicted molar refractivity (Wildman–Crippen MR) is 95.7 cm³/mol. The first-order valence-electron chi connectivity index (χ1n) is 8.39. The summed E-state index contributed by atoms with van der Waals surface area (Å²) in [5.74, 6) is -0.453. The van der Waals surface area contributed by atoms with E-state index in [-0.39, 0.29) is 24.1 Å². The molecule has 2 aromatic rings. The lowest BCUT2D eigenvalue weighted by Gasteiger charge is -2.32. The van der Waals surface area contributed by atoms with E-state index in [0.717, 1.165) is 18.4 Å². The second kappa shape index (κ2) is 7.78. The second-order valence-corrected chi connectivity index (χ2v) is 6.68. The van der Waals surface area contributed by atoms with Crippen LogP contribution in [0.25, 0.3) is 0 Å². The van der Waals surface area contributed by atoms with E-state index >= 15 is 0 Å². The molecule has 7 nitrogen and oxygen atoms in total. The lowest BCUT2D eigenvalue weighted by Crippen LogP contribution is -2.41. The van der Waals surface area contributed by atoms with Gasteiger partial charge in [0.25, 0.3) is 5.91 Å². The number of halogens is 1. The highest BCUT2D eigenvalue weighted by atomic mass is 35.5. The van der Waals surface area contributed by atoms with E-state index in [4.69, 9.17) is 21.4 Å². The third-order valence-corrected chi connectivity index (χ3v) is 5.02. The molecular weight excluding hydrogens is 358 g/mol. The lowest BCUT2D eigenvalue weighted by atomic mass is 10.1. The number of carboxylic acid groups (broad SMARTS) is 1. The Morgan fingerprint density at radius 1 is 1.35 bits per heavy atom. The molecule has 3 rings (SSSR count). The number of carbonyl (C=O) groups excluding carboxylic acids is 1. The fraction of sp³-hybridized carbons (Fsp3) is 0.389. The highest BCUT2D eigenvalue weighted by molar-refractivity contribution is 6.31. The van der Waals surface area contributed by atoms with Gasteiger partial charge >= 0.3 is 5.97 Å². The van der Waals surface area contributed by atoms with Crippen LogP contribution in [0.2, 0.25) is 5.02 Å². The van der Waals surface area contributed by atoms with Crippen molar-refractivity contribution in [3.63, 3.8) is 0 Å². The van der Waals surface area contributed by atoms with Gasteiger partial charge in [0.15, 0.2) is 6.61 Å². The van der Waals surface area contributed by atoms with Crippen LogP contribution in [0, 0.1) is 6.92 Å². The molecule has 26 heavy (non-hydrogen) atoms. The summed E-state index contributed by atoms with van der Waals surface area (Å²) in [5.41, 5.74) is 0.988. The minimum Gasteiger partial charge on any atom is -0.483 e. The number of benzene rings is 1. The molecule has 0 bridgehead atoms. The fourth-order valence-corrected chi connectivity index (χ4v) is 3.17. The first-order chi connectivity index (χ1) is 12.5. The Bertz CT molecular complexity index is 813.